The molecule has 4 rings (SSSR count). The molecule has 154 valence electrons. The monoisotopic (exact) mass is 400 g/mol. The summed E-state index contributed by atoms with van der Waals surface area (Å²) in [6.07, 6.45) is 0. The maximum atomic E-state index is 6.05. The first-order valence-electron chi connectivity index (χ1n) is 10.5. The molecule has 0 aliphatic carbocycles. The Morgan fingerprint density at radius 2 is 1.67 bits per heavy atom. The molecule has 4 heteroatoms. The lowest BCUT2D eigenvalue weighted by atomic mass is 10.0. The number of fused-ring (bicyclic) bond motifs is 1. The lowest BCUT2D eigenvalue weighted by Gasteiger charge is -2.12. The number of rotatable bonds is 8. The number of hydrogen-bond acceptors (Lipinski definition) is 3. The van der Waals surface area contributed by atoms with Gasteiger partial charge in [-0.1, -0.05) is 50.2 Å². The molecule has 3 aromatic carbocycles. The van der Waals surface area contributed by atoms with Crippen LogP contribution >= 0.6 is 0 Å². The van der Waals surface area contributed by atoms with Gasteiger partial charge in [0.1, 0.15) is 30.5 Å². The van der Waals surface area contributed by atoms with Crippen LogP contribution in [0.2, 0.25) is 0 Å². The van der Waals surface area contributed by atoms with Crippen molar-refractivity contribution in [1.82, 2.24) is 9.55 Å². The minimum absolute atomic E-state index is 0.417. The smallest absolute Gasteiger partial charge is 0.148 e. The van der Waals surface area contributed by atoms with E-state index < -0.39 is 0 Å². The Bertz CT molecular complexity index is 1110. The van der Waals surface area contributed by atoms with E-state index in [-0.39, 0.29) is 0 Å². The Morgan fingerprint density at radius 3 is 2.43 bits per heavy atom. The molecule has 0 aliphatic heterocycles. The minimum Gasteiger partial charge on any atom is -0.492 e. The summed E-state index contributed by atoms with van der Waals surface area (Å²) >= 11 is 0. The number of nitrogens with zero attached hydrogens (tertiary/aromatic N) is 2. The van der Waals surface area contributed by atoms with Gasteiger partial charge in [0.2, 0.25) is 0 Å². The standard InChI is InChI=1S/C26H28N2O2/c1-19(2)21-11-13-22(14-12-21)30-18-26-27-24-9-4-5-10-25(24)28(26)15-16-29-23-8-6-7-20(3)17-23/h4-14,17,19H,15-16,18H2,1-3H3. The van der Waals surface area contributed by atoms with Crippen LogP contribution in [0.1, 0.15) is 36.7 Å². The van der Waals surface area contributed by atoms with Gasteiger partial charge >= 0.3 is 0 Å². The van der Waals surface area contributed by atoms with Crippen LogP contribution in [0.15, 0.2) is 72.8 Å². The summed E-state index contributed by atoms with van der Waals surface area (Å²) in [7, 11) is 0. The van der Waals surface area contributed by atoms with Crippen LogP contribution in [0.3, 0.4) is 0 Å². The second kappa shape index (κ2) is 9.04. The van der Waals surface area contributed by atoms with E-state index >= 15 is 0 Å². The third-order valence-corrected chi connectivity index (χ3v) is 5.22. The van der Waals surface area contributed by atoms with Gasteiger partial charge in [-0.25, -0.2) is 4.98 Å². The van der Waals surface area contributed by atoms with Gasteiger partial charge in [0.15, 0.2) is 0 Å². The topological polar surface area (TPSA) is 36.3 Å². The van der Waals surface area contributed by atoms with Crippen molar-refractivity contribution in [2.75, 3.05) is 6.61 Å². The zero-order chi connectivity index (χ0) is 20.9. The van der Waals surface area contributed by atoms with Gasteiger partial charge in [0.05, 0.1) is 17.6 Å². The van der Waals surface area contributed by atoms with E-state index in [4.69, 9.17) is 14.5 Å². The highest BCUT2D eigenvalue weighted by Gasteiger charge is 2.11. The number of aryl methyl sites for hydroxylation is 1. The van der Waals surface area contributed by atoms with Crippen molar-refractivity contribution >= 4 is 11.0 Å². The number of para-hydroxylation sites is 2. The van der Waals surface area contributed by atoms with E-state index in [0.29, 0.717) is 25.7 Å². The molecule has 1 aromatic heterocycles. The summed E-state index contributed by atoms with van der Waals surface area (Å²) in [5, 5.41) is 0. The summed E-state index contributed by atoms with van der Waals surface area (Å²) in [5.41, 5.74) is 4.57. The fraction of sp³-hybridized carbons (Fsp3) is 0.269. The summed E-state index contributed by atoms with van der Waals surface area (Å²) in [4.78, 5) is 4.80. The largest absolute Gasteiger partial charge is 0.492 e. The number of ether oxygens (including phenoxy) is 2. The van der Waals surface area contributed by atoms with Crippen LogP contribution in [0, 0.1) is 6.92 Å². The maximum absolute atomic E-state index is 6.05. The van der Waals surface area contributed by atoms with Crippen molar-refractivity contribution in [1.29, 1.82) is 0 Å². The predicted molar refractivity (Wildman–Crippen MR) is 121 cm³/mol. The van der Waals surface area contributed by atoms with E-state index in [1.165, 1.54) is 11.1 Å². The molecule has 4 nitrogen and oxygen atoms in total. The average Bonchev–Trinajstić information content (AvgIpc) is 3.10. The normalized spacial score (nSPS) is 11.2. The molecule has 4 aromatic rings. The molecule has 0 aliphatic rings. The Kier molecular flexibility index (Phi) is 6.03. The first-order valence-corrected chi connectivity index (χ1v) is 10.5. The van der Waals surface area contributed by atoms with Crippen LogP contribution in [-0.2, 0) is 13.2 Å². The van der Waals surface area contributed by atoms with Gasteiger partial charge < -0.3 is 14.0 Å². The Hall–Kier alpha value is -3.27. The van der Waals surface area contributed by atoms with E-state index in [0.717, 1.165) is 28.4 Å². The molecule has 1 heterocycles. The zero-order valence-electron chi connectivity index (χ0n) is 17.8. The highest BCUT2D eigenvalue weighted by atomic mass is 16.5. The predicted octanol–water partition coefficient (Wildman–Crippen LogP) is 6.13. The Morgan fingerprint density at radius 1 is 0.867 bits per heavy atom. The molecule has 0 fully saturated rings. The lowest BCUT2D eigenvalue weighted by molar-refractivity contribution is 0.272. The fourth-order valence-electron chi connectivity index (χ4n) is 3.54. The minimum atomic E-state index is 0.417. The molecule has 0 bridgehead atoms. The van der Waals surface area contributed by atoms with Crippen LogP contribution in [-0.4, -0.2) is 16.2 Å². The van der Waals surface area contributed by atoms with Gasteiger partial charge in [-0.05, 0) is 60.4 Å². The molecule has 0 radical (unpaired) electrons. The first kappa shape index (κ1) is 20.0. The maximum Gasteiger partial charge on any atom is 0.148 e. The third-order valence-electron chi connectivity index (χ3n) is 5.22. The summed E-state index contributed by atoms with van der Waals surface area (Å²) in [6.45, 7) is 8.15. The molecule has 0 saturated heterocycles. The number of aromatic nitrogens is 2. The highest BCUT2D eigenvalue weighted by Crippen LogP contribution is 2.21. The van der Waals surface area contributed by atoms with Gasteiger partial charge in [0.25, 0.3) is 0 Å². The van der Waals surface area contributed by atoms with Crippen molar-refractivity contribution in [3.05, 3.63) is 89.7 Å². The van der Waals surface area contributed by atoms with Gasteiger partial charge in [-0.3, -0.25) is 0 Å². The van der Waals surface area contributed by atoms with Crippen LogP contribution < -0.4 is 9.47 Å². The zero-order valence-corrected chi connectivity index (χ0v) is 17.8. The third kappa shape index (κ3) is 4.65. The average molecular weight is 401 g/mol. The molecule has 0 unspecified atom stereocenters. The van der Waals surface area contributed by atoms with Crippen molar-refractivity contribution in [2.24, 2.45) is 0 Å². The quantitative estimate of drug-likeness (QED) is 0.357. The second-order valence-corrected chi connectivity index (χ2v) is 7.85. The van der Waals surface area contributed by atoms with E-state index in [2.05, 4.69) is 55.7 Å². The molecule has 30 heavy (non-hydrogen) atoms. The molecular weight excluding hydrogens is 372 g/mol. The highest BCUT2D eigenvalue weighted by molar-refractivity contribution is 5.75. The molecule has 0 spiro atoms. The van der Waals surface area contributed by atoms with Crippen LogP contribution in [0.4, 0.5) is 0 Å². The molecular formula is C26H28N2O2. The van der Waals surface area contributed by atoms with Crippen LogP contribution in [0.25, 0.3) is 11.0 Å². The van der Waals surface area contributed by atoms with E-state index in [1.54, 1.807) is 0 Å². The molecule has 0 amide bonds. The van der Waals surface area contributed by atoms with E-state index in [9.17, 15) is 0 Å². The molecule has 0 saturated carbocycles. The first-order chi connectivity index (χ1) is 14.6. The van der Waals surface area contributed by atoms with Gasteiger partial charge in [-0.2, -0.15) is 0 Å². The van der Waals surface area contributed by atoms with Crippen molar-refractivity contribution in [2.45, 2.75) is 39.8 Å². The van der Waals surface area contributed by atoms with Crippen LogP contribution in [0.5, 0.6) is 11.5 Å². The number of benzene rings is 3. The summed E-state index contributed by atoms with van der Waals surface area (Å²) in [5.74, 6) is 3.16. The number of hydrogen-bond donors (Lipinski definition) is 0. The fourth-order valence-corrected chi connectivity index (χ4v) is 3.54. The molecule has 0 N–H and O–H groups in total. The van der Waals surface area contributed by atoms with Gasteiger partial charge in [0, 0.05) is 0 Å². The van der Waals surface area contributed by atoms with Crippen molar-refractivity contribution < 1.29 is 9.47 Å². The Balaban J connectivity index is 1.48. The van der Waals surface area contributed by atoms with Crippen molar-refractivity contribution in [3.8, 4) is 11.5 Å². The van der Waals surface area contributed by atoms with Crippen molar-refractivity contribution in [3.63, 3.8) is 0 Å². The lowest BCUT2D eigenvalue weighted by Crippen LogP contribution is -2.13. The summed E-state index contributed by atoms with van der Waals surface area (Å²) in [6, 6.07) is 24.6. The van der Waals surface area contributed by atoms with Gasteiger partial charge in [-0.15, -0.1) is 0 Å². The van der Waals surface area contributed by atoms with E-state index in [1.807, 2.05) is 42.5 Å². The summed E-state index contributed by atoms with van der Waals surface area (Å²) < 4.78 is 14.2. The SMILES string of the molecule is Cc1cccc(OCCn2c(COc3ccc(C(C)C)cc3)nc3ccccc32)c1. The Labute approximate surface area is 178 Å². The number of imidazole rings is 1. The second-order valence-electron chi connectivity index (χ2n) is 7.85. The molecule has 0 atom stereocenters.